The Morgan fingerprint density at radius 1 is 0.925 bits per heavy atom. The van der Waals surface area contributed by atoms with E-state index in [9.17, 15) is 18.8 Å². The van der Waals surface area contributed by atoms with E-state index in [1.165, 1.54) is 17.4 Å². The highest BCUT2D eigenvalue weighted by Crippen LogP contribution is 2.43. The van der Waals surface area contributed by atoms with Crippen molar-refractivity contribution in [3.8, 4) is 10.6 Å². The van der Waals surface area contributed by atoms with E-state index in [1.807, 2.05) is 38.1 Å². The van der Waals surface area contributed by atoms with Crippen molar-refractivity contribution < 1.29 is 23.5 Å². The van der Waals surface area contributed by atoms with Gasteiger partial charge in [-0.2, -0.15) is 0 Å². The Bertz CT molecular complexity index is 2240. The Morgan fingerprint density at radius 3 is 2.45 bits per heavy atom. The predicted molar refractivity (Wildman–Crippen MR) is 205 cm³/mol. The van der Waals surface area contributed by atoms with Crippen molar-refractivity contribution in [2.75, 3.05) is 53.3 Å². The molecule has 53 heavy (non-hydrogen) atoms. The third-order valence-electron chi connectivity index (χ3n) is 10.4. The van der Waals surface area contributed by atoms with Crippen LogP contribution >= 0.6 is 11.3 Å². The molecule has 3 aromatic heterocycles. The second kappa shape index (κ2) is 13.8. The van der Waals surface area contributed by atoms with Gasteiger partial charge in [-0.15, -0.1) is 11.3 Å². The molecule has 1 spiro atoms. The number of ether oxygens (including phenoxy) is 1. The van der Waals surface area contributed by atoms with Gasteiger partial charge in [0.2, 0.25) is 0 Å². The molecule has 3 amide bonds. The minimum absolute atomic E-state index is 0.157. The van der Waals surface area contributed by atoms with Gasteiger partial charge in [0.15, 0.2) is 0 Å². The lowest BCUT2D eigenvalue weighted by atomic mass is 9.73. The van der Waals surface area contributed by atoms with Crippen molar-refractivity contribution in [3.63, 3.8) is 0 Å². The van der Waals surface area contributed by atoms with Gasteiger partial charge in [-0.3, -0.25) is 19.4 Å². The first-order valence-electron chi connectivity index (χ1n) is 17.8. The Morgan fingerprint density at radius 2 is 1.70 bits per heavy atom. The van der Waals surface area contributed by atoms with E-state index < -0.39 is 11.7 Å². The van der Waals surface area contributed by atoms with E-state index in [0.717, 1.165) is 60.8 Å². The number of halogens is 1. The van der Waals surface area contributed by atoms with E-state index in [4.69, 9.17) is 9.72 Å². The summed E-state index contributed by atoms with van der Waals surface area (Å²) in [5.41, 5.74) is 6.39. The van der Waals surface area contributed by atoms with Crippen LogP contribution in [0.5, 0.6) is 0 Å². The number of amides is 3. The summed E-state index contributed by atoms with van der Waals surface area (Å²) in [6, 6.07) is 19.0. The molecule has 270 valence electrons. The molecule has 0 atom stereocenters. The van der Waals surface area contributed by atoms with Gasteiger partial charge in [0.1, 0.15) is 17.3 Å². The Balaban J connectivity index is 0.990. The number of aromatic nitrogens is 2. The summed E-state index contributed by atoms with van der Waals surface area (Å²) in [4.78, 5) is 55.6. The lowest BCUT2D eigenvalue weighted by molar-refractivity contribution is -0.000511. The number of aryl methyl sites for hydroxylation is 3. The van der Waals surface area contributed by atoms with Crippen molar-refractivity contribution in [2.24, 2.45) is 5.41 Å². The molecule has 0 bridgehead atoms. The first kappa shape index (κ1) is 34.6. The van der Waals surface area contributed by atoms with Crippen LogP contribution in [-0.4, -0.2) is 60.5 Å². The Kier molecular flexibility index (Phi) is 9.03. The molecule has 0 radical (unpaired) electrons. The summed E-state index contributed by atoms with van der Waals surface area (Å²) < 4.78 is 20.1. The summed E-state index contributed by atoms with van der Waals surface area (Å²) in [7, 11) is 0. The SMILES string of the molecule is Cc1cnc(N2CC3(CCOCC3)C2)c(C(=O)Nc2ccc(C(=O)N3CCc4cc(C(=O)Nc5c(C)cccc5F)sc4-c4nc(C)ccc43)cc2)c1. The Labute approximate surface area is 311 Å². The van der Waals surface area contributed by atoms with Gasteiger partial charge < -0.3 is 25.2 Å². The summed E-state index contributed by atoms with van der Waals surface area (Å²) in [6.07, 6.45) is 4.33. The van der Waals surface area contributed by atoms with Gasteiger partial charge >= 0.3 is 0 Å². The molecule has 3 aliphatic rings. The number of pyridine rings is 2. The maximum Gasteiger partial charge on any atom is 0.265 e. The van der Waals surface area contributed by atoms with Crippen molar-refractivity contribution in [2.45, 2.75) is 40.0 Å². The third-order valence-corrected chi connectivity index (χ3v) is 11.6. The fraction of sp³-hybridized carbons (Fsp3) is 0.293. The monoisotopic (exact) mass is 730 g/mol. The topological polar surface area (TPSA) is 117 Å². The third kappa shape index (κ3) is 6.68. The molecule has 2 saturated heterocycles. The number of benzene rings is 2. The molecular formula is C41H39FN6O4S. The van der Waals surface area contributed by atoms with Crippen LogP contribution in [0.2, 0.25) is 0 Å². The maximum absolute atomic E-state index is 14.5. The smallest absolute Gasteiger partial charge is 0.265 e. The zero-order chi connectivity index (χ0) is 36.9. The molecule has 5 aromatic rings. The summed E-state index contributed by atoms with van der Waals surface area (Å²) in [5.74, 6) is -0.670. The zero-order valence-electron chi connectivity index (χ0n) is 29.8. The highest BCUT2D eigenvalue weighted by atomic mass is 32.1. The highest BCUT2D eigenvalue weighted by molar-refractivity contribution is 7.17. The van der Waals surface area contributed by atoms with Crippen LogP contribution in [0.15, 0.2) is 72.9 Å². The quantitative estimate of drug-likeness (QED) is 0.185. The molecule has 8 rings (SSSR count). The van der Waals surface area contributed by atoms with Gasteiger partial charge in [0.05, 0.1) is 26.7 Å². The number of carbonyl (C=O) groups excluding carboxylic acids is 3. The molecule has 0 aliphatic carbocycles. The van der Waals surface area contributed by atoms with E-state index in [-0.39, 0.29) is 22.9 Å². The molecular weight excluding hydrogens is 692 g/mol. The average Bonchev–Trinajstić information content (AvgIpc) is 3.51. The first-order valence-corrected chi connectivity index (χ1v) is 18.6. The minimum atomic E-state index is -0.493. The number of para-hydroxylation sites is 1. The number of rotatable bonds is 6. The molecule has 2 aromatic carbocycles. The number of anilines is 4. The second-order valence-electron chi connectivity index (χ2n) is 14.3. The largest absolute Gasteiger partial charge is 0.381 e. The lowest BCUT2D eigenvalue weighted by Crippen LogP contribution is -2.59. The molecule has 3 aliphatic heterocycles. The van der Waals surface area contributed by atoms with Crippen molar-refractivity contribution in [3.05, 3.63) is 117 Å². The van der Waals surface area contributed by atoms with Gasteiger partial charge in [0.25, 0.3) is 17.7 Å². The molecule has 2 N–H and O–H groups in total. The number of nitrogens with zero attached hydrogens (tertiary/aromatic N) is 4. The van der Waals surface area contributed by atoms with Gasteiger partial charge in [-0.25, -0.2) is 9.37 Å². The number of carbonyl (C=O) groups is 3. The van der Waals surface area contributed by atoms with Crippen LogP contribution in [-0.2, 0) is 11.2 Å². The molecule has 2 fully saturated rings. The Hall–Kier alpha value is -5.46. The standard InChI is InChI=1S/C41H39FN6O4S/c1-24-19-30(37(43-21-24)47-22-41(23-47)14-17-52-18-15-41)38(49)45-29-10-8-27(9-11-29)40(51)48-16-13-28-20-33(39(50)46-34-25(2)5-4-6-31(34)42)53-36(28)35-32(48)12-7-26(3)44-35/h4-12,19-21H,13-18,22-23H2,1-3H3,(H,45,49)(H,46,50). The van der Waals surface area contributed by atoms with Crippen LogP contribution in [0.25, 0.3) is 10.6 Å². The van der Waals surface area contributed by atoms with Crippen LogP contribution in [0, 0.1) is 32.0 Å². The van der Waals surface area contributed by atoms with E-state index in [2.05, 4.69) is 20.5 Å². The van der Waals surface area contributed by atoms with E-state index in [0.29, 0.717) is 57.4 Å². The number of hydrogen-bond acceptors (Lipinski definition) is 8. The lowest BCUT2D eigenvalue weighted by Gasteiger charge is -2.53. The van der Waals surface area contributed by atoms with Gasteiger partial charge in [0, 0.05) is 61.4 Å². The van der Waals surface area contributed by atoms with Crippen LogP contribution in [0.3, 0.4) is 0 Å². The number of fused-ring (bicyclic) bond motifs is 3. The van der Waals surface area contributed by atoms with Crippen molar-refractivity contribution in [1.82, 2.24) is 9.97 Å². The summed E-state index contributed by atoms with van der Waals surface area (Å²) in [6.45, 7) is 9.18. The maximum atomic E-state index is 14.5. The van der Waals surface area contributed by atoms with Crippen LogP contribution in [0.4, 0.5) is 27.3 Å². The fourth-order valence-electron chi connectivity index (χ4n) is 7.46. The predicted octanol–water partition coefficient (Wildman–Crippen LogP) is 7.59. The number of thiophene rings is 1. The summed E-state index contributed by atoms with van der Waals surface area (Å²) >= 11 is 1.28. The molecule has 0 unspecified atom stereocenters. The molecule has 10 nitrogen and oxygen atoms in total. The molecule has 0 saturated carbocycles. The second-order valence-corrected chi connectivity index (χ2v) is 15.3. The normalized spacial score (nSPS) is 15.9. The van der Waals surface area contributed by atoms with Crippen LogP contribution in [0.1, 0.15) is 65.6 Å². The highest BCUT2D eigenvalue weighted by Gasteiger charge is 2.45. The number of nitrogens with one attached hydrogen (secondary N) is 2. The van der Waals surface area contributed by atoms with Crippen molar-refractivity contribution >= 4 is 51.9 Å². The van der Waals surface area contributed by atoms with Gasteiger partial charge in [-0.05, 0) is 111 Å². The number of hydrogen-bond donors (Lipinski definition) is 2. The fourth-order valence-corrected chi connectivity index (χ4v) is 8.56. The van der Waals surface area contributed by atoms with Crippen LogP contribution < -0.4 is 20.4 Å². The molecule has 6 heterocycles. The summed E-state index contributed by atoms with van der Waals surface area (Å²) in [5, 5.41) is 5.74. The van der Waals surface area contributed by atoms with E-state index >= 15 is 0 Å². The first-order chi connectivity index (χ1) is 25.6. The van der Waals surface area contributed by atoms with Crippen molar-refractivity contribution in [1.29, 1.82) is 0 Å². The zero-order valence-corrected chi connectivity index (χ0v) is 30.6. The molecule has 12 heteroatoms. The van der Waals surface area contributed by atoms with E-state index in [1.54, 1.807) is 54.4 Å². The average molecular weight is 731 g/mol. The van der Waals surface area contributed by atoms with Gasteiger partial charge in [-0.1, -0.05) is 12.1 Å². The minimum Gasteiger partial charge on any atom is -0.381 e.